The molecule has 0 aliphatic rings. The number of carboxylic acids is 1. The van der Waals surface area contributed by atoms with Crippen molar-refractivity contribution in [1.29, 1.82) is 0 Å². The number of rotatable bonds is 4. The zero-order valence-corrected chi connectivity index (χ0v) is 10.9. The summed E-state index contributed by atoms with van der Waals surface area (Å²) in [4.78, 5) is 21.9. The van der Waals surface area contributed by atoms with E-state index in [1.54, 1.807) is 0 Å². The zero-order valence-electron chi connectivity index (χ0n) is 9.28. The number of benzene rings is 1. The molecule has 19 heavy (non-hydrogen) atoms. The van der Waals surface area contributed by atoms with Gasteiger partial charge in [0.2, 0.25) is 0 Å². The van der Waals surface area contributed by atoms with Crippen molar-refractivity contribution in [2.45, 2.75) is 6.04 Å². The molecular formula is C10H9BrF2N2O4. The van der Waals surface area contributed by atoms with Crippen LogP contribution in [0.1, 0.15) is 0 Å². The molecule has 0 spiro atoms. The summed E-state index contributed by atoms with van der Waals surface area (Å²) in [6.45, 7) is -0.821. The summed E-state index contributed by atoms with van der Waals surface area (Å²) in [7, 11) is 0. The maximum atomic E-state index is 13.3. The fourth-order valence-corrected chi connectivity index (χ4v) is 1.46. The average molecular weight is 339 g/mol. The van der Waals surface area contributed by atoms with E-state index >= 15 is 0 Å². The van der Waals surface area contributed by atoms with Crippen LogP contribution in [-0.2, 0) is 4.79 Å². The molecule has 104 valence electrons. The fraction of sp³-hybridized carbons (Fsp3) is 0.200. The van der Waals surface area contributed by atoms with Crippen LogP contribution in [0.4, 0.5) is 19.3 Å². The quantitative estimate of drug-likeness (QED) is 0.622. The SMILES string of the molecule is O=C(Nc1cc(Br)c(F)cc1F)N[C@@H](CO)C(=O)O. The Balaban J connectivity index is 2.77. The van der Waals surface area contributed by atoms with Crippen LogP contribution in [0.3, 0.4) is 0 Å². The van der Waals surface area contributed by atoms with Crippen LogP contribution >= 0.6 is 15.9 Å². The minimum atomic E-state index is -1.52. The minimum Gasteiger partial charge on any atom is -0.480 e. The third kappa shape index (κ3) is 4.14. The maximum Gasteiger partial charge on any atom is 0.328 e. The molecule has 0 heterocycles. The number of halogens is 3. The van der Waals surface area contributed by atoms with Crippen molar-refractivity contribution in [2.24, 2.45) is 0 Å². The van der Waals surface area contributed by atoms with Crippen LogP contribution in [0.15, 0.2) is 16.6 Å². The van der Waals surface area contributed by atoms with Crippen molar-refractivity contribution in [2.75, 3.05) is 11.9 Å². The lowest BCUT2D eigenvalue weighted by Crippen LogP contribution is -2.45. The number of carbonyl (C=O) groups excluding carboxylic acids is 1. The molecule has 2 amide bonds. The molecule has 1 atom stereocenters. The predicted molar refractivity (Wildman–Crippen MR) is 64.7 cm³/mol. The number of anilines is 1. The van der Waals surface area contributed by atoms with E-state index in [0.29, 0.717) is 6.07 Å². The normalized spacial score (nSPS) is 11.8. The number of urea groups is 1. The van der Waals surface area contributed by atoms with Crippen LogP contribution in [0.5, 0.6) is 0 Å². The number of nitrogens with one attached hydrogen (secondary N) is 2. The van der Waals surface area contributed by atoms with Gasteiger partial charge in [0.25, 0.3) is 0 Å². The smallest absolute Gasteiger partial charge is 0.328 e. The monoisotopic (exact) mass is 338 g/mol. The summed E-state index contributed by atoms with van der Waals surface area (Å²) in [5.74, 6) is -3.31. The second kappa shape index (κ2) is 6.43. The van der Waals surface area contributed by atoms with E-state index in [1.807, 2.05) is 10.6 Å². The Morgan fingerprint density at radius 3 is 2.47 bits per heavy atom. The predicted octanol–water partition coefficient (Wildman–Crippen LogP) is 1.29. The maximum absolute atomic E-state index is 13.3. The number of carboxylic acid groups (broad SMARTS) is 1. The summed E-state index contributed by atoms with van der Waals surface area (Å²) >= 11 is 2.81. The fourth-order valence-electron chi connectivity index (χ4n) is 1.12. The Hall–Kier alpha value is -1.74. The second-order valence-corrected chi connectivity index (χ2v) is 4.27. The number of aliphatic hydroxyl groups is 1. The Kier molecular flexibility index (Phi) is 5.19. The van der Waals surface area contributed by atoms with Crippen LogP contribution in [0.2, 0.25) is 0 Å². The molecular weight excluding hydrogens is 330 g/mol. The van der Waals surface area contributed by atoms with Gasteiger partial charge in [0.1, 0.15) is 11.6 Å². The van der Waals surface area contributed by atoms with Crippen LogP contribution in [-0.4, -0.2) is 34.9 Å². The van der Waals surface area contributed by atoms with Gasteiger partial charge in [0.05, 0.1) is 16.8 Å². The standard InChI is InChI=1S/C10H9BrF2N2O4/c11-4-1-7(6(13)2-5(4)12)14-10(19)15-8(3-16)9(17)18/h1-2,8,16H,3H2,(H,17,18)(H2,14,15,19)/t8-/m0/s1. The largest absolute Gasteiger partial charge is 0.480 e. The molecule has 0 aromatic heterocycles. The zero-order chi connectivity index (χ0) is 14.6. The van der Waals surface area contributed by atoms with E-state index in [-0.39, 0.29) is 10.2 Å². The van der Waals surface area contributed by atoms with E-state index in [1.165, 1.54) is 0 Å². The molecule has 0 radical (unpaired) electrons. The minimum absolute atomic E-state index is 0.0684. The van der Waals surface area contributed by atoms with Gasteiger partial charge < -0.3 is 20.8 Å². The van der Waals surface area contributed by atoms with Gasteiger partial charge in [0, 0.05) is 6.07 Å². The van der Waals surface area contributed by atoms with Gasteiger partial charge in [-0.3, -0.25) is 0 Å². The van der Waals surface area contributed by atoms with Crippen molar-refractivity contribution in [3.05, 3.63) is 28.2 Å². The molecule has 0 fully saturated rings. The molecule has 0 aliphatic carbocycles. The molecule has 0 saturated carbocycles. The molecule has 0 aliphatic heterocycles. The van der Waals surface area contributed by atoms with E-state index in [9.17, 15) is 18.4 Å². The Labute approximate surface area is 114 Å². The van der Waals surface area contributed by atoms with Crippen molar-refractivity contribution < 1.29 is 28.6 Å². The molecule has 1 aromatic rings. The van der Waals surface area contributed by atoms with E-state index < -0.39 is 36.3 Å². The van der Waals surface area contributed by atoms with Crippen LogP contribution in [0.25, 0.3) is 0 Å². The highest BCUT2D eigenvalue weighted by atomic mass is 79.9. The number of amides is 2. The van der Waals surface area contributed by atoms with Gasteiger partial charge in [-0.1, -0.05) is 0 Å². The third-order valence-corrected chi connectivity index (χ3v) is 2.65. The van der Waals surface area contributed by atoms with Gasteiger partial charge in [-0.25, -0.2) is 18.4 Å². The Bertz CT molecular complexity index is 513. The number of aliphatic hydroxyl groups excluding tert-OH is 1. The summed E-state index contributed by atoms with van der Waals surface area (Å²) in [5, 5.41) is 21.2. The van der Waals surface area contributed by atoms with Gasteiger partial charge in [-0.15, -0.1) is 0 Å². The molecule has 0 bridgehead atoms. The topological polar surface area (TPSA) is 98.7 Å². The second-order valence-electron chi connectivity index (χ2n) is 3.42. The summed E-state index contributed by atoms with van der Waals surface area (Å²) < 4.78 is 26.2. The first kappa shape index (κ1) is 15.3. The molecule has 0 saturated heterocycles. The van der Waals surface area contributed by atoms with Gasteiger partial charge in [-0.2, -0.15) is 0 Å². The molecule has 1 rings (SSSR count). The molecule has 4 N–H and O–H groups in total. The van der Waals surface area contributed by atoms with Crippen molar-refractivity contribution >= 4 is 33.6 Å². The molecule has 9 heteroatoms. The number of hydrogen-bond acceptors (Lipinski definition) is 3. The molecule has 1 aromatic carbocycles. The van der Waals surface area contributed by atoms with Crippen LogP contribution in [0, 0.1) is 11.6 Å². The number of carbonyl (C=O) groups is 2. The molecule has 0 unspecified atom stereocenters. The Morgan fingerprint density at radius 1 is 1.32 bits per heavy atom. The van der Waals surface area contributed by atoms with E-state index in [2.05, 4.69) is 15.9 Å². The van der Waals surface area contributed by atoms with E-state index in [4.69, 9.17) is 10.2 Å². The number of hydrogen-bond donors (Lipinski definition) is 4. The van der Waals surface area contributed by atoms with E-state index in [0.717, 1.165) is 6.07 Å². The lowest BCUT2D eigenvalue weighted by atomic mass is 10.3. The highest BCUT2D eigenvalue weighted by Gasteiger charge is 2.19. The van der Waals surface area contributed by atoms with Crippen molar-refractivity contribution in [1.82, 2.24) is 5.32 Å². The first-order valence-corrected chi connectivity index (χ1v) is 5.70. The highest BCUT2D eigenvalue weighted by Crippen LogP contribution is 2.23. The first-order chi connectivity index (χ1) is 8.85. The summed E-state index contributed by atoms with van der Waals surface area (Å²) in [6, 6.07) is -1.02. The third-order valence-electron chi connectivity index (χ3n) is 2.04. The molecule has 6 nitrogen and oxygen atoms in total. The highest BCUT2D eigenvalue weighted by molar-refractivity contribution is 9.10. The van der Waals surface area contributed by atoms with Gasteiger partial charge in [-0.05, 0) is 22.0 Å². The van der Waals surface area contributed by atoms with Crippen molar-refractivity contribution in [3.63, 3.8) is 0 Å². The van der Waals surface area contributed by atoms with Gasteiger partial charge >= 0.3 is 12.0 Å². The summed E-state index contributed by atoms with van der Waals surface area (Å²) in [5.41, 5.74) is -0.340. The average Bonchev–Trinajstić information content (AvgIpc) is 2.32. The lowest BCUT2D eigenvalue weighted by Gasteiger charge is -2.13. The first-order valence-electron chi connectivity index (χ1n) is 4.91. The number of aliphatic carboxylic acids is 1. The van der Waals surface area contributed by atoms with Crippen molar-refractivity contribution in [3.8, 4) is 0 Å². The lowest BCUT2D eigenvalue weighted by molar-refractivity contribution is -0.140. The van der Waals surface area contributed by atoms with Crippen LogP contribution < -0.4 is 10.6 Å². The Morgan fingerprint density at radius 2 is 1.95 bits per heavy atom. The van der Waals surface area contributed by atoms with Gasteiger partial charge in [0.15, 0.2) is 6.04 Å². The summed E-state index contributed by atoms with van der Waals surface area (Å²) in [6.07, 6.45) is 0.